The molecule has 1 atom stereocenters. The third-order valence-corrected chi connectivity index (χ3v) is 2.62. The largest absolute Gasteiger partial charge is 0.369 e. The van der Waals surface area contributed by atoms with Gasteiger partial charge < -0.3 is 4.74 Å². The summed E-state index contributed by atoms with van der Waals surface area (Å²) in [7, 11) is 0. The first-order valence-corrected chi connectivity index (χ1v) is 6.38. The number of rotatable bonds is 11. The fourth-order valence-corrected chi connectivity index (χ4v) is 1.58. The number of nitro groups is 1. The maximum Gasteiger partial charge on any atom is 0.250 e. The van der Waals surface area contributed by atoms with Crippen LogP contribution in [0.3, 0.4) is 0 Å². The molecule has 1 unspecified atom stereocenters. The summed E-state index contributed by atoms with van der Waals surface area (Å²) in [5.41, 5.74) is 0. The Balaban J connectivity index is 3.67. The van der Waals surface area contributed by atoms with E-state index in [0.29, 0.717) is 25.9 Å². The third-order valence-electron chi connectivity index (χ3n) is 2.38. The summed E-state index contributed by atoms with van der Waals surface area (Å²) in [6.07, 6.45) is 3.94. The minimum atomic E-state index is -0.611. The third kappa shape index (κ3) is 10.2. The van der Waals surface area contributed by atoms with E-state index in [4.69, 9.17) is 16.3 Å². The second-order valence-corrected chi connectivity index (χ2v) is 4.30. The number of carbonyl (C=O) groups excluding carboxylic acids is 1. The van der Waals surface area contributed by atoms with Gasteiger partial charge in [0, 0.05) is 18.0 Å². The molecule has 0 bridgehead atoms. The molecule has 0 aromatic heterocycles. The number of halogens is 1. The van der Waals surface area contributed by atoms with Crippen molar-refractivity contribution in [2.75, 3.05) is 13.2 Å². The normalized spacial score (nSPS) is 12.4. The van der Waals surface area contributed by atoms with Crippen LogP contribution >= 0.6 is 11.6 Å². The van der Waals surface area contributed by atoms with Crippen LogP contribution in [0.15, 0.2) is 0 Å². The van der Waals surface area contributed by atoms with Gasteiger partial charge in [0.2, 0.25) is 11.8 Å². The molecule has 0 saturated heterocycles. The molecule has 0 saturated carbocycles. The van der Waals surface area contributed by atoms with Crippen molar-refractivity contribution in [1.82, 2.24) is 0 Å². The standard InChI is InChI=1S/C11H20ClNO4/c1-2-3-6-9-17-10(11(12)14)7-4-5-8-13(15)16/h10H,2-9H2,1H3. The van der Waals surface area contributed by atoms with Crippen LogP contribution in [0, 0.1) is 10.1 Å². The van der Waals surface area contributed by atoms with E-state index in [-0.39, 0.29) is 11.5 Å². The number of nitrogens with zero attached hydrogens (tertiary/aromatic N) is 1. The maximum atomic E-state index is 11.0. The average Bonchev–Trinajstić information content (AvgIpc) is 2.26. The molecule has 0 fully saturated rings. The van der Waals surface area contributed by atoms with E-state index in [1.54, 1.807) is 0 Å². The molecule has 0 aliphatic rings. The summed E-state index contributed by atoms with van der Waals surface area (Å²) < 4.78 is 5.36. The van der Waals surface area contributed by atoms with E-state index in [1.807, 2.05) is 0 Å². The lowest BCUT2D eigenvalue weighted by molar-refractivity contribution is -0.480. The summed E-state index contributed by atoms with van der Waals surface area (Å²) >= 11 is 5.40. The minimum absolute atomic E-state index is 0.0704. The molecule has 0 aliphatic heterocycles. The molecule has 17 heavy (non-hydrogen) atoms. The monoisotopic (exact) mass is 265 g/mol. The highest BCUT2D eigenvalue weighted by Crippen LogP contribution is 2.10. The second-order valence-electron chi connectivity index (χ2n) is 3.92. The van der Waals surface area contributed by atoms with E-state index >= 15 is 0 Å². The molecule has 0 amide bonds. The fraction of sp³-hybridized carbons (Fsp3) is 0.909. The number of hydrogen-bond donors (Lipinski definition) is 0. The van der Waals surface area contributed by atoms with Gasteiger partial charge in [0.25, 0.3) is 0 Å². The molecular formula is C11H20ClNO4. The molecule has 0 heterocycles. The van der Waals surface area contributed by atoms with Gasteiger partial charge in [0.15, 0.2) is 0 Å². The molecule has 0 aliphatic carbocycles. The van der Waals surface area contributed by atoms with Crippen LogP contribution in [0.2, 0.25) is 0 Å². The first-order chi connectivity index (χ1) is 8.07. The molecule has 0 spiro atoms. The lowest BCUT2D eigenvalue weighted by Gasteiger charge is -2.13. The Bertz CT molecular complexity index is 236. The maximum absolute atomic E-state index is 11.0. The molecule has 0 aromatic carbocycles. The van der Waals surface area contributed by atoms with Crippen molar-refractivity contribution < 1.29 is 14.5 Å². The summed E-state index contributed by atoms with van der Waals surface area (Å²) in [4.78, 5) is 20.8. The Labute approximate surface area is 107 Å². The molecule has 5 nitrogen and oxygen atoms in total. The van der Waals surface area contributed by atoms with Gasteiger partial charge in [-0.1, -0.05) is 19.8 Å². The van der Waals surface area contributed by atoms with Crippen molar-refractivity contribution >= 4 is 16.8 Å². The van der Waals surface area contributed by atoms with Crippen LogP contribution in [-0.2, 0) is 9.53 Å². The van der Waals surface area contributed by atoms with Gasteiger partial charge in [-0.15, -0.1) is 0 Å². The Morgan fingerprint density at radius 1 is 1.35 bits per heavy atom. The first kappa shape index (κ1) is 16.3. The van der Waals surface area contributed by atoms with Crippen molar-refractivity contribution in [3.8, 4) is 0 Å². The Morgan fingerprint density at radius 3 is 2.59 bits per heavy atom. The highest BCUT2D eigenvalue weighted by atomic mass is 35.5. The highest BCUT2D eigenvalue weighted by molar-refractivity contribution is 6.64. The molecule has 0 N–H and O–H groups in total. The molecule has 0 radical (unpaired) electrons. The topological polar surface area (TPSA) is 69.4 Å². The summed E-state index contributed by atoms with van der Waals surface area (Å²) in [5, 5.41) is 9.59. The smallest absolute Gasteiger partial charge is 0.250 e. The molecule has 0 rings (SSSR count). The molecule has 100 valence electrons. The van der Waals surface area contributed by atoms with Crippen LogP contribution in [0.5, 0.6) is 0 Å². The zero-order valence-corrected chi connectivity index (χ0v) is 10.9. The number of hydrogen-bond acceptors (Lipinski definition) is 4. The number of unbranched alkanes of at least 4 members (excludes halogenated alkanes) is 3. The lowest BCUT2D eigenvalue weighted by atomic mass is 10.1. The van der Waals surface area contributed by atoms with Gasteiger partial charge in [-0.2, -0.15) is 0 Å². The van der Waals surface area contributed by atoms with E-state index in [9.17, 15) is 14.9 Å². The Morgan fingerprint density at radius 2 is 2.06 bits per heavy atom. The van der Waals surface area contributed by atoms with Gasteiger partial charge in [-0.05, 0) is 30.9 Å². The van der Waals surface area contributed by atoms with E-state index in [1.165, 1.54) is 0 Å². The van der Waals surface area contributed by atoms with Crippen molar-refractivity contribution in [2.45, 2.75) is 51.6 Å². The summed E-state index contributed by atoms with van der Waals surface area (Å²) in [6.45, 7) is 2.53. The van der Waals surface area contributed by atoms with Crippen molar-refractivity contribution in [1.29, 1.82) is 0 Å². The zero-order valence-electron chi connectivity index (χ0n) is 10.2. The predicted molar refractivity (Wildman–Crippen MR) is 65.8 cm³/mol. The van der Waals surface area contributed by atoms with E-state index in [2.05, 4.69) is 6.92 Å². The van der Waals surface area contributed by atoms with Crippen LogP contribution in [0.1, 0.15) is 45.4 Å². The van der Waals surface area contributed by atoms with Crippen LogP contribution in [0.25, 0.3) is 0 Å². The SMILES string of the molecule is CCCCCOC(CCCC[N+](=O)[O-])C(=O)Cl. The number of carbonyl (C=O) groups is 1. The summed E-state index contributed by atoms with van der Waals surface area (Å²) in [6, 6.07) is 0. The van der Waals surface area contributed by atoms with Crippen molar-refractivity contribution in [3.05, 3.63) is 10.1 Å². The van der Waals surface area contributed by atoms with Crippen molar-refractivity contribution in [3.63, 3.8) is 0 Å². The fourth-order valence-electron chi connectivity index (χ4n) is 1.41. The van der Waals surface area contributed by atoms with Gasteiger partial charge >= 0.3 is 0 Å². The second kappa shape index (κ2) is 10.5. The van der Waals surface area contributed by atoms with Crippen LogP contribution in [-0.4, -0.2) is 29.4 Å². The average molecular weight is 266 g/mol. The van der Waals surface area contributed by atoms with Gasteiger partial charge in [-0.25, -0.2) is 0 Å². The Hall–Kier alpha value is -0.680. The summed E-state index contributed by atoms with van der Waals surface area (Å²) in [5.74, 6) is 0. The molecule has 0 aromatic rings. The van der Waals surface area contributed by atoms with Gasteiger partial charge in [-0.3, -0.25) is 14.9 Å². The highest BCUT2D eigenvalue weighted by Gasteiger charge is 2.16. The van der Waals surface area contributed by atoms with E-state index in [0.717, 1.165) is 19.3 Å². The van der Waals surface area contributed by atoms with Crippen molar-refractivity contribution in [2.24, 2.45) is 0 Å². The minimum Gasteiger partial charge on any atom is -0.369 e. The van der Waals surface area contributed by atoms with E-state index < -0.39 is 11.3 Å². The van der Waals surface area contributed by atoms with Gasteiger partial charge in [0.1, 0.15) is 6.10 Å². The molecule has 6 heteroatoms. The van der Waals surface area contributed by atoms with Crippen LogP contribution in [0.4, 0.5) is 0 Å². The number of ether oxygens (including phenoxy) is 1. The predicted octanol–water partition coefficient (Wildman–Crippen LogP) is 2.77. The quantitative estimate of drug-likeness (QED) is 0.249. The first-order valence-electron chi connectivity index (χ1n) is 6.00. The zero-order chi connectivity index (χ0) is 13.1. The molecular weight excluding hydrogens is 246 g/mol. The van der Waals surface area contributed by atoms with Crippen LogP contribution < -0.4 is 0 Å². The lowest BCUT2D eigenvalue weighted by Crippen LogP contribution is -2.21. The van der Waals surface area contributed by atoms with Gasteiger partial charge in [0.05, 0.1) is 0 Å². The Kier molecular flexibility index (Phi) is 10.1.